The van der Waals surface area contributed by atoms with Crippen LogP contribution in [-0.4, -0.2) is 34.9 Å². The first-order valence-electron chi connectivity index (χ1n) is 6.51. The molecule has 0 spiro atoms. The van der Waals surface area contributed by atoms with Gasteiger partial charge in [0, 0.05) is 7.05 Å². The summed E-state index contributed by atoms with van der Waals surface area (Å²) in [5.74, 6) is -1.20. The minimum atomic E-state index is -1.69. The molecule has 0 saturated carbocycles. The number of amides is 1. The standard InChI is InChI=1S/C15H21NO5/c1-14(2,3)20-13(19)16(5)21-15(4,12(17)18)11-9-7-6-8-10-11/h6-10H,1-5H3,(H,17,18). The summed E-state index contributed by atoms with van der Waals surface area (Å²) in [5.41, 5.74) is -1.96. The Morgan fingerprint density at radius 2 is 1.62 bits per heavy atom. The van der Waals surface area contributed by atoms with E-state index in [1.54, 1.807) is 51.1 Å². The predicted octanol–water partition coefficient (Wildman–Crippen LogP) is 2.78. The van der Waals surface area contributed by atoms with Crippen LogP contribution >= 0.6 is 0 Å². The van der Waals surface area contributed by atoms with Crippen molar-refractivity contribution in [3.63, 3.8) is 0 Å². The van der Waals surface area contributed by atoms with E-state index < -0.39 is 23.3 Å². The molecule has 0 aliphatic carbocycles. The van der Waals surface area contributed by atoms with Crippen molar-refractivity contribution in [3.05, 3.63) is 35.9 Å². The van der Waals surface area contributed by atoms with Gasteiger partial charge in [-0.15, -0.1) is 0 Å². The monoisotopic (exact) mass is 295 g/mol. The average Bonchev–Trinajstić information content (AvgIpc) is 2.37. The van der Waals surface area contributed by atoms with Crippen molar-refractivity contribution in [1.82, 2.24) is 5.06 Å². The normalized spacial score (nSPS) is 14.1. The van der Waals surface area contributed by atoms with Gasteiger partial charge in [0.1, 0.15) is 5.60 Å². The van der Waals surface area contributed by atoms with Gasteiger partial charge in [0.05, 0.1) is 0 Å². The summed E-state index contributed by atoms with van der Waals surface area (Å²) >= 11 is 0. The highest BCUT2D eigenvalue weighted by molar-refractivity contribution is 5.79. The second kappa shape index (κ2) is 6.13. The quantitative estimate of drug-likeness (QED) is 0.864. The van der Waals surface area contributed by atoms with Crippen LogP contribution in [0.1, 0.15) is 33.3 Å². The molecule has 1 rings (SSSR count). The van der Waals surface area contributed by atoms with Crippen LogP contribution in [0.4, 0.5) is 4.79 Å². The van der Waals surface area contributed by atoms with Crippen LogP contribution in [0.3, 0.4) is 0 Å². The van der Waals surface area contributed by atoms with Crippen molar-refractivity contribution in [2.45, 2.75) is 38.9 Å². The van der Waals surface area contributed by atoms with Gasteiger partial charge in [-0.05, 0) is 33.3 Å². The molecule has 0 saturated heterocycles. The zero-order chi connectivity index (χ0) is 16.3. The number of benzene rings is 1. The van der Waals surface area contributed by atoms with Gasteiger partial charge in [-0.3, -0.25) is 0 Å². The Balaban J connectivity index is 2.94. The van der Waals surface area contributed by atoms with E-state index in [4.69, 9.17) is 9.57 Å². The highest BCUT2D eigenvalue weighted by Gasteiger charge is 2.40. The molecule has 0 radical (unpaired) electrons. The second-order valence-corrected chi connectivity index (χ2v) is 5.77. The first-order valence-corrected chi connectivity index (χ1v) is 6.51. The van der Waals surface area contributed by atoms with E-state index in [-0.39, 0.29) is 0 Å². The zero-order valence-electron chi connectivity index (χ0n) is 12.9. The fourth-order valence-electron chi connectivity index (χ4n) is 1.61. The Bertz CT molecular complexity index is 509. The molecule has 21 heavy (non-hydrogen) atoms. The summed E-state index contributed by atoms with van der Waals surface area (Å²) in [6.07, 6.45) is -0.758. The Morgan fingerprint density at radius 3 is 2.05 bits per heavy atom. The minimum absolute atomic E-state index is 0.424. The Morgan fingerprint density at radius 1 is 1.10 bits per heavy atom. The molecular weight excluding hydrogens is 274 g/mol. The number of nitrogens with zero attached hydrogens (tertiary/aromatic N) is 1. The maximum Gasteiger partial charge on any atom is 0.434 e. The number of carbonyl (C=O) groups excluding carboxylic acids is 1. The van der Waals surface area contributed by atoms with Gasteiger partial charge in [0.15, 0.2) is 0 Å². The molecule has 1 N–H and O–H groups in total. The number of ether oxygens (including phenoxy) is 1. The molecule has 0 aliphatic rings. The molecule has 1 amide bonds. The van der Waals surface area contributed by atoms with Gasteiger partial charge >= 0.3 is 12.1 Å². The van der Waals surface area contributed by atoms with Crippen LogP contribution in [0.15, 0.2) is 30.3 Å². The maximum absolute atomic E-state index is 11.9. The van der Waals surface area contributed by atoms with Crippen molar-refractivity contribution in [2.75, 3.05) is 7.05 Å². The number of carbonyl (C=O) groups is 2. The van der Waals surface area contributed by atoms with Gasteiger partial charge in [-0.2, -0.15) is 5.06 Å². The lowest BCUT2D eigenvalue weighted by atomic mass is 9.96. The number of hydroxylamine groups is 2. The number of aliphatic carboxylic acids is 1. The van der Waals surface area contributed by atoms with E-state index >= 15 is 0 Å². The molecule has 6 heteroatoms. The Kier molecular flexibility index (Phi) is 4.96. The molecule has 0 fully saturated rings. The molecule has 116 valence electrons. The number of hydrogen-bond donors (Lipinski definition) is 1. The van der Waals surface area contributed by atoms with Gasteiger partial charge in [-0.25, -0.2) is 14.4 Å². The lowest BCUT2D eigenvalue weighted by Gasteiger charge is -2.31. The summed E-state index contributed by atoms with van der Waals surface area (Å²) in [4.78, 5) is 28.8. The molecule has 1 atom stereocenters. The van der Waals surface area contributed by atoms with Gasteiger partial charge in [-0.1, -0.05) is 30.3 Å². The van der Waals surface area contributed by atoms with Crippen LogP contribution in [0.25, 0.3) is 0 Å². The molecule has 1 unspecified atom stereocenters. The molecule has 0 bridgehead atoms. The summed E-state index contributed by atoms with van der Waals surface area (Å²) in [7, 11) is 1.32. The van der Waals surface area contributed by atoms with E-state index in [1.165, 1.54) is 14.0 Å². The smallest absolute Gasteiger partial charge is 0.434 e. The maximum atomic E-state index is 11.9. The van der Waals surface area contributed by atoms with Crippen LogP contribution in [0, 0.1) is 0 Å². The Hall–Kier alpha value is -2.08. The van der Waals surface area contributed by atoms with Crippen molar-refractivity contribution in [3.8, 4) is 0 Å². The third kappa shape index (κ3) is 4.46. The summed E-state index contributed by atoms with van der Waals surface area (Å²) < 4.78 is 5.13. The molecule has 6 nitrogen and oxygen atoms in total. The molecule has 0 aromatic heterocycles. The van der Waals surface area contributed by atoms with E-state index in [0.29, 0.717) is 5.56 Å². The minimum Gasteiger partial charge on any atom is -0.479 e. The van der Waals surface area contributed by atoms with Crippen LogP contribution < -0.4 is 0 Å². The van der Waals surface area contributed by atoms with Gasteiger partial charge in [0.2, 0.25) is 5.60 Å². The van der Waals surface area contributed by atoms with E-state index in [1.807, 2.05) is 0 Å². The topological polar surface area (TPSA) is 76.1 Å². The first-order chi connectivity index (χ1) is 9.56. The van der Waals surface area contributed by atoms with Crippen LogP contribution in [-0.2, 0) is 20.0 Å². The number of carboxylic acid groups (broad SMARTS) is 1. The SMILES string of the molecule is CN(OC(C)(C(=O)O)c1ccccc1)C(=O)OC(C)(C)C. The van der Waals surface area contributed by atoms with E-state index in [2.05, 4.69) is 0 Å². The molecule has 1 aromatic carbocycles. The summed E-state index contributed by atoms with van der Waals surface area (Å²) in [5, 5.41) is 10.2. The fourth-order valence-corrected chi connectivity index (χ4v) is 1.61. The fraction of sp³-hybridized carbons (Fsp3) is 0.467. The van der Waals surface area contributed by atoms with E-state index in [9.17, 15) is 14.7 Å². The average molecular weight is 295 g/mol. The lowest BCUT2D eigenvalue weighted by Crippen LogP contribution is -2.44. The van der Waals surface area contributed by atoms with Crippen molar-refractivity contribution < 1.29 is 24.3 Å². The first kappa shape index (κ1) is 17.0. The van der Waals surface area contributed by atoms with Crippen molar-refractivity contribution >= 4 is 12.1 Å². The highest BCUT2D eigenvalue weighted by atomic mass is 16.7. The third-order valence-electron chi connectivity index (χ3n) is 2.70. The molecule has 1 aromatic rings. The summed E-state index contributed by atoms with van der Waals surface area (Å²) in [6, 6.07) is 8.41. The molecular formula is C15H21NO5. The highest BCUT2D eigenvalue weighted by Crippen LogP contribution is 2.27. The van der Waals surface area contributed by atoms with E-state index in [0.717, 1.165) is 5.06 Å². The number of carboxylic acids is 1. The van der Waals surface area contributed by atoms with Crippen LogP contribution in [0.2, 0.25) is 0 Å². The second-order valence-electron chi connectivity index (χ2n) is 5.77. The van der Waals surface area contributed by atoms with Crippen molar-refractivity contribution in [1.29, 1.82) is 0 Å². The van der Waals surface area contributed by atoms with Crippen LogP contribution in [0.5, 0.6) is 0 Å². The summed E-state index contributed by atoms with van der Waals surface area (Å²) in [6.45, 7) is 6.52. The zero-order valence-corrected chi connectivity index (χ0v) is 12.9. The number of rotatable bonds is 4. The Labute approximate surface area is 124 Å². The third-order valence-corrected chi connectivity index (χ3v) is 2.70. The van der Waals surface area contributed by atoms with Gasteiger partial charge in [0.25, 0.3) is 0 Å². The largest absolute Gasteiger partial charge is 0.479 e. The number of hydrogen-bond acceptors (Lipinski definition) is 4. The molecule has 0 heterocycles. The predicted molar refractivity (Wildman–Crippen MR) is 76.5 cm³/mol. The van der Waals surface area contributed by atoms with Crippen molar-refractivity contribution in [2.24, 2.45) is 0 Å². The lowest BCUT2D eigenvalue weighted by molar-refractivity contribution is -0.226. The van der Waals surface area contributed by atoms with Gasteiger partial charge < -0.3 is 9.84 Å². The molecule has 0 aliphatic heterocycles.